The number of carbonyl (C=O) groups excluding carboxylic acids is 1. The van der Waals surface area contributed by atoms with Crippen molar-refractivity contribution in [1.29, 1.82) is 0 Å². The number of aromatic nitrogens is 2. The molecule has 0 bridgehead atoms. The minimum absolute atomic E-state index is 0.247. The molecule has 6 heteroatoms. The van der Waals surface area contributed by atoms with Crippen LogP contribution in [0.3, 0.4) is 0 Å². The monoisotopic (exact) mass is 328 g/mol. The first-order chi connectivity index (χ1) is 11.7. The van der Waals surface area contributed by atoms with Crippen molar-refractivity contribution >= 4 is 11.9 Å². The molecule has 0 radical (unpaired) electrons. The maximum atomic E-state index is 12.8. The molecule has 1 aromatic heterocycles. The molecule has 0 atom stereocenters. The third-order valence-electron chi connectivity index (χ3n) is 4.22. The SMILES string of the molecule is O=C(NCc1ccc(F)cc1)c1cnc(NC2CCCCC2)nc1. The van der Waals surface area contributed by atoms with E-state index in [1.165, 1.54) is 43.8 Å². The number of amides is 1. The lowest BCUT2D eigenvalue weighted by molar-refractivity contribution is 0.0950. The van der Waals surface area contributed by atoms with Crippen LogP contribution in [0.5, 0.6) is 0 Å². The predicted octanol–water partition coefficient (Wildman–Crippen LogP) is 3.29. The molecule has 0 saturated heterocycles. The summed E-state index contributed by atoms with van der Waals surface area (Å²) in [6.45, 7) is 0.335. The van der Waals surface area contributed by atoms with Crippen LogP contribution in [0.4, 0.5) is 10.3 Å². The fraction of sp³-hybridized carbons (Fsp3) is 0.389. The van der Waals surface area contributed by atoms with E-state index >= 15 is 0 Å². The molecule has 0 spiro atoms. The minimum Gasteiger partial charge on any atom is -0.351 e. The number of hydrogen-bond acceptors (Lipinski definition) is 4. The van der Waals surface area contributed by atoms with E-state index in [0.717, 1.165) is 18.4 Å². The lowest BCUT2D eigenvalue weighted by Gasteiger charge is -2.22. The molecule has 24 heavy (non-hydrogen) atoms. The number of hydrogen-bond donors (Lipinski definition) is 2. The fourth-order valence-electron chi connectivity index (χ4n) is 2.84. The maximum Gasteiger partial charge on any atom is 0.254 e. The average molecular weight is 328 g/mol. The third-order valence-corrected chi connectivity index (χ3v) is 4.22. The molecule has 2 N–H and O–H groups in total. The van der Waals surface area contributed by atoms with Gasteiger partial charge in [0.2, 0.25) is 5.95 Å². The van der Waals surface area contributed by atoms with Crippen LogP contribution in [0.2, 0.25) is 0 Å². The number of nitrogens with zero attached hydrogens (tertiary/aromatic N) is 2. The van der Waals surface area contributed by atoms with Gasteiger partial charge in [-0.3, -0.25) is 4.79 Å². The minimum atomic E-state index is -0.292. The standard InChI is InChI=1S/C18H21FN4O/c19-15-8-6-13(7-9-15)10-20-17(24)14-11-21-18(22-12-14)23-16-4-2-1-3-5-16/h6-9,11-12,16H,1-5,10H2,(H,20,24)(H,21,22,23). The molecule has 1 aromatic carbocycles. The highest BCUT2D eigenvalue weighted by Crippen LogP contribution is 2.19. The van der Waals surface area contributed by atoms with E-state index in [4.69, 9.17) is 0 Å². The van der Waals surface area contributed by atoms with Gasteiger partial charge in [-0.05, 0) is 30.5 Å². The predicted molar refractivity (Wildman–Crippen MR) is 90.1 cm³/mol. The van der Waals surface area contributed by atoms with Gasteiger partial charge in [-0.15, -0.1) is 0 Å². The van der Waals surface area contributed by atoms with Gasteiger partial charge in [-0.25, -0.2) is 14.4 Å². The van der Waals surface area contributed by atoms with E-state index in [1.807, 2.05) is 0 Å². The van der Waals surface area contributed by atoms with E-state index in [0.29, 0.717) is 24.1 Å². The summed E-state index contributed by atoms with van der Waals surface area (Å²) in [6.07, 6.45) is 9.11. The summed E-state index contributed by atoms with van der Waals surface area (Å²) in [5, 5.41) is 6.09. The van der Waals surface area contributed by atoms with E-state index in [-0.39, 0.29) is 11.7 Å². The Kier molecular flexibility index (Phi) is 5.36. The highest BCUT2D eigenvalue weighted by molar-refractivity contribution is 5.93. The van der Waals surface area contributed by atoms with Crippen LogP contribution in [0.25, 0.3) is 0 Å². The van der Waals surface area contributed by atoms with Gasteiger partial charge in [0.05, 0.1) is 5.56 Å². The van der Waals surface area contributed by atoms with Crippen LogP contribution in [0.1, 0.15) is 48.0 Å². The molecular formula is C18H21FN4O. The molecule has 1 amide bonds. The van der Waals surface area contributed by atoms with Crippen LogP contribution in [-0.2, 0) is 6.54 Å². The molecule has 0 aliphatic heterocycles. The van der Waals surface area contributed by atoms with Crippen molar-refractivity contribution in [3.8, 4) is 0 Å². The van der Waals surface area contributed by atoms with Crippen LogP contribution in [0, 0.1) is 5.82 Å². The Labute approximate surface area is 140 Å². The Balaban J connectivity index is 1.52. The molecule has 1 fully saturated rings. The largest absolute Gasteiger partial charge is 0.351 e. The molecule has 1 saturated carbocycles. The quantitative estimate of drug-likeness (QED) is 0.884. The maximum absolute atomic E-state index is 12.8. The number of benzene rings is 1. The Morgan fingerprint density at radius 1 is 1.08 bits per heavy atom. The van der Waals surface area contributed by atoms with Gasteiger partial charge in [0.15, 0.2) is 0 Å². The van der Waals surface area contributed by atoms with Crippen molar-refractivity contribution in [2.24, 2.45) is 0 Å². The third kappa shape index (κ3) is 4.50. The van der Waals surface area contributed by atoms with E-state index in [1.54, 1.807) is 12.1 Å². The molecule has 3 rings (SSSR count). The summed E-state index contributed by atoms with van der Waals surface area (Å²) in [5.41, 5.74) is 1.24. The number of anilines is 1. The second kappa shape index (κ2) is 7.86. The normalized spacial score (nSPS) is 15.0. The number of carbonyl (C=O) groups is 1. The number of rotatable bonds is 5. The van der Waals surface area contributed by atoms with E-state index in [2.05, 4.69) is 20.6 Å². The second-order valence-electron chi connectivity index (χ2n) is 6.08. The van der Waals surface area contributed by atoms with Gasteiger partial charge in [0.1, 0.15) is 5.82 Å². The summed E-state index contributed by atoms with van der Waals surface area (Å²) in [4.78, 5) is 20.6. The molecule has 5 nitrogen and oxygen atoms in total. The topological polar surface area (TPSA) is 66.9 Å². The Bertz CT molecular complexity index is 666. The van der Waals surface area contributed by atoms with Crippen LogP contribution in [-0.4, -0.2) is 21.9 Å². The molecular weight excluding hydrogens is 307 g/mol. The van der Waals surface area contributed by atoms with Gasteiger partial charge in [-0.2, -0.15) is 0 Å². The zero-order valence-electron chi connectivity index (χ0n) is 13.5. The summed E-state index contributed by atoms with van der Waals surface area (Å²) < 4.78 is 12.8. The molecule has 2 aromatic rings. The van der Waals surface area contributed by atoms with Gasteiger partial charge in [0.25, 0.3) is 5.91 Å². The summed E-state index contributed by atoms with van der Waals surface area (Å²) in [5.74, 6) is 0.0278. The molecule has 126 valence electrons. The first-order valence-electron chi connectivity index (χ1n) is 8.32. The summed E-state index contributed by atoms with van der Waals surface area (Å²) in [7, 11) is 0. The van der Waals surface area contributed by atoms with Crippen molar-refractivity contribution in [2.75, 3.05) is 5.32 Å². The van der Waals surface area contributed by atoms with Gasteiger partial charge >= 0.3 is 0 Å². The van der Waals surface area contributed by atoms with Crippen molar-refractivity contribution in [3.05, 3.63) is 53.6 Å². The van der Waals surface area contributed by atoms with Gasteiger partial charge in [0, 0.05) is 25.0 Å². The Morgan fingerprint density at radius 2 is 1.75 bits per heavy atom. The Hall–Kier alpha value is -2.50. The zero-order chi connectivity index (χ0) is 16.8. The highest BCUT2D eigenvalue weighted by Gasteiger charge is 2.14. The van der Waals surface area contributed by atoms with Crippen LogP contribution >= 0.6 is 0 Å². The van der Waals surface area contributed by atoms with Crippen molar-refractivity contribution in [3.63, 3.8) is 0 Å². The first-order valence-corrected chi connectivity index (χ1v) is 8.32. The molecule has 0 unspecified atom stereocenters. The molecule has 1 aliphatic rings. The Morgan fingerprint density at radius 3 is 2.42 bits per heavy atom. The lowest BCUT2D eigenvalue weighted by atomic mass is 9.96. The van der Waals surface area contributed by atoms with E-state index in [9.17, 15) is 9.18 Å². The highest BCUT2D eigenvalue weighted by atomic mass is 19.1. The lowest BCUT2D eigenvalue weighted by Crippen LogP contribution is -2.25. The summed E-state index contributed by atoms with van der Waals surface area (Å²) >= 11 is 0. The van der Waals surface area contributed by atoms with Crippen molar-refractivity contribution in [2.45, 2.75) is 44.7 Å². The zero-order valence-corrected chi connectivity index (χ0v) is 13.5. The number of halogens is 1. The second-order valence-corrected chi connectivity index (χ2v) is 6.08. The van der Waals surface area contributed by atoms with E-state index < -0.39 is 0 Å². The van der Waals surface area contributed by atoms with Gasteiger partial charge < -0.3 is 10.6 Å². The van der Waals surface area contributed by atoms with Crippen LogP contribution in [0.15, 0.2) is 36.7 Å². The first kappa shape index (κ1) is 16.4. The fourth-order valence-corrected chi connectivity index (χ4v) is 2.84. The summed E-state index contributed by atoms with van der Waals surface area (Å²) in [6, 6.07) is 6.45. The average Bonchev–Trinajstić information content (AvgIpc) is 2.62. The van der Waals surface area contributed by atoms with Gasteiger partial charge in [-0.1, -0.05) is 31.4 Å². The molecule has 1 heterocycles. The van der Waals surface area contributed by atoms with Crippen molar-refractivity contribution in [1.82, 2.24) is 15.3 Å². The molecule has 1 aliphatic carbocycles. The van der Waals surface area contributed by atoms with Crippen molar-refractivity contribution < 1.29 is 9.18 Å². The van der Waals surface area contributed by atoms with Crippen LogP contribution < -0.4 is 10.6 Å². The number of nitrogens with one attached hydrogen (secondary N) is 2. The smallest absolute Gasteiger partial charge is 0.254 e.